The molecule has 7 heteroatoms. The highest BCUT2D eigenvalue weighted by Gasteiger charge is 2.05. The molecule has 0 spiro atoms. The lowest BCUT2D eigenvalue weighted by Crippen LogP contribution is -2.21. The van der Waals surface area contributed by atoms with Gasteiger partial charge in [0.05, 0.1) is 38.2 Å². The molecule has 0 radical (unpaired) electrons. The Labute approximate surface area is 110 Å². The summed E-state index contributed by atoms with van der Waals surface area (Å²) in [4.78, 5) is 0. The van der Waals surface area contributed by atoms with Crippen molar-refractivity contribution in [3.8, 4) is 0 Å². The molecule has 104 valence electrons. The molecule has 1 heterocycles. The number of hydrogen-bond donors (Lipinski definition) is 2. The van der Waals surface area contributed by atoms with Crippen molar-refractivity contribution in [3.63, 3.8) is 0 Å². The lowest BCUT2D eigenvalue weighted by atomic mass is 10.4. The zero-order chi connectivity index (χ0) is 13.4. The lowest BCUT2D eigenvalue weighted by Gasteiger charge is -2.11. The van der Waals surface area contributed by atoms with Crippen LogP contribution in [0.4, 0.5) is 5.69 Å². The zero-order valence-corrected chi connectivity index (χ0v) is 11.7. The summed E-state index contributed by atoms with van der Waals surface area (Å²) >= 11 is 0. The first-order valence-corrected chi connectivity index (χ1v) is 7.62. The minimum Gasteiger partial charge on any atom is -0.394 e. The van der Waals surface area contributed by atoms with Gasteiger partial charge in [-0.1, -0.05) is 0 Å². The summed E-state index contributed by atoms with van der Waals surface area (Å²) in [6, 6.07) is 0.152. The number of anilines is 1. The van der Waals surface area contributed by atoms with Gasteiger partial charge in [0.2, 0.25) is 0 Å². The molecule has 0 bridgehead atoms. The number of nitrogens with zero attached hydrogens (tertiary/aromatic N) is 2. The summed E-state index contributed by atoms with van der Waals surface area (Å²) < 4.78 is 18.0. The minimum absolute atomic E-state index is 0.0393. The molecule has 6 nitrogen and oxygen atoms in total. The highest BCUT2D eigenvalue weighted by molar-refractivity contribution is 7.84. The first-order chi connectivity index (χ1) is 8.61. The molecule has 0 saturated carbocycles. The summed E-state index contributed by atoms with van der Waals surface area (Å²) in [5, 5.41) is 16.0. The maximum atomic E-state index is 11.1. The topological polar surface area (TPSA) is 76.4 Å². The van der Waals surface area contributed by atoms with Gasteiger partial charge in [-0.05, 0) is 6.92 Å². The number of ether oxygens (including phenoxy) is 1. The molecule has 1 aromatic rings. The van der Waals surface area contributed by atoms with Crippen LogP contribution in [0.1, 0.15) is 6.92 Å². The van der Waals surface area contributed by atoms with E-state index in [2.05, 4.69) is 10.4 Å². The Hall–Kier alpha value is -0.920. The molecule has 0 aliphatic carbocycles. The van der Waals surface area contributed by atoms with Crippen molar-refractivity contribution in [1.82, 2.24) is 9.78 Å². The second-order valence-electron chi connectivity index (χ2n) is 4.11. The first-order valence-electron chi connectivity index (χ1n) is 5.89. The van der Waals surface area contributed by atoms with Crippen molar-refractivity contribution in [1.29, 1.82) is 0 Å². The Morgan fingerprint density at radius 1 is 1.61 bits per heavy atom. The summed E-state index contributed by atoms with van der Waals surface area (Å²) in [6.45, 7) is 3.55. The van der Waals surface area contributed by atoms with Gasteiger partial charge in [-0.2, -0.15) is 5.10 Å². The Kier molecular flexibility index (Phi) is 6.92. The molecular weight excluding hydrogens is 254 g/mol. The van der Waals surface area contributed by atoms with Crippen LogP contribution in [-0.2, 0) is 22.1 Å². The van der Waals surface area contributed by atoms with Gasteiger partial charge in [0.1, 0.15) is 0 Å². The van der Waals surface area contributed by atoms with Crippen molar-refractivity contribution in [2.75, 3.05) is 37.1 Å². The van der Waals surface area contributed by atoms with Crippen LogP contribution in [0.15, 0.2) is 12.4 Å². The fraction of sp³-hybridized carbons (Fsp3) is 0.727. The van der Waals surface area contributed by atoms with E-state index < -0.39 is 10.8 Å². The van der Waals surface area contributed by atoms with Gasteiger partial charge in [0.25, 0.3) is 0 Å². The van der Waals surface area contributed by atoms with Crippen molar-refractivity contribution in [3.05, 3.63) is 12.4 Å². The van der Waals surface area contributed by atoms with E-state index in [1.165, 1.54) is 0 Å². The standard InChI is InChI=1S/C11H21N3O3S/c1-10(9-18(2)16)13-11-7-12-14(8-11)3-5-17-6-4-15/h7-8,10,13,15H,3-6,9H2,1-2H3. The molecule has 1 aromatic heterocycles. The fourth-order valence-corrected chi connectivity index (χ4v) is 2.35. The number of aliphatic hydroxyl groups is 1. The highest BCUT2D eigenvalue weighted by Crippen LogP contribution is 2.07. The van der Waals surface area contributed by atoms with Crippen LogP contribution in [-0.4, -0.2) is 57.0 Å². The van der Waals surface area contributed by atoms with E-state index in [0.717, 1.165) is 5.69 Å². The van der Waals surface area contributed by atoms with E-state index in [9.17, 15) is 4.21 Å². The Morgan fingerprint density at radius 3 is 3.06 bits per heavy atom. The van der Waals surface area contributed by atoms with E-state index >= 15 is 0 Å². The van der Waals surface area contributed by atoms with Crippen LogP contribution in [0, 0.1) is 0 Å². The highest BCUT2D eigenvalue weighted by atomic mass is 32.2. The van der Waals surface area contributed by atoms with Crippen LogP contribution in [0.3, 0.4) is 0 Å². The van der Waals surface area contributed by atoms with E-state index in [1.54, 1.807) is 17.1 Å². The van der Waals surface area contributed by atoms with E-state index in [-0.39, 0.29) is 12.6 Å². The molecular formula is C11H21N3O3S. The summed E-state index contributed by atoms with van der Waals surface area (Å²) in [7, 11) is -0.803. The molecule has 0 aliphatic heterocycles. The minimum atomic E-state index is -0.803. The molecule has 0 saturated heterocycles. The number of nitrogens with one attached hydrogen (secondary N) is 1. The van der Waals surface area contributed by atoms with Gasteiger partial charge in [-0.25, -0.2) is 0 Å². The van der Waals surface area contributed by atoms with Crippen molar-refractivity contribution < 1.29 is 14.1 Å². The molecule has 0 aromatic carbocycles. The SMILES string of the molecule is CC(CS(C)=O)Nc1cnn(CCOCCO)c1. The lowest BCUT2D eigenvalue weighted by molar-refractivity contribution is 0.0854. The third-order valence-corrected chi connectivity index (χ3v) is 3.20. The first kappa shape index (κ1) is 15.1. The molecule has 1 rings (SSSR count). The molecule has 2 N–H and O–H groups in total. The third-order valence-electron chi connectivity index (χ3n) is 2.23. The summed E-state index contributed by atoms with van der Waals surface area (Å²) in [6.07, 6.45) is 5.32. The van der Waals surface area contributed by atoms with Crippen LogP contribution in [0.5, 0.6) is 0 Å². The Morgan fingerprint density at radius 2 is 2.39 bits per heavy atom. The van der Waals surface area contributed by atoms with Gasteiger partial charge in [-0.15, -0.1) is 0 Å². The second-order valence-corrected chi connectivity index (χ2v) is 5.59. The third kappa shape index (κ3) is 6.13. The monoisotopic (exact) mass is 275 g/mol. The largest absolute Gasteiger partial charge is 0.394 e. The summed E-state index contributed by atoms with van der Waals surface area (Å²) in [5.41, 5.74) is 0.912. The van der Waals surface area contributed by atoms with Gasteiger partial charge in [0, 0.05) is 35.0 Å². The Balaban J connectivity index is 2.31. The molecule has 2 unspecified atom stereocenters. The number of rotatable bonds is 9. The Bertz CT molecular complexity index is 370. The maximum Gasteiger partial charge on any atom is 0.0728 e. The van der Waals surface area contributed by atoms with Gasteiger partial charge < -0.3 is 15.2 Å². The molecule has 0 fully saturated rings. The fourth-order valence-electron chi connectivity index (χ4n) is 1.56. The van der Waals surface area contributed by atoms with E-state index in [0.29, 0.717) is 25.5 Å². The van der Waals surface area contributed by atoms with E-state index in [1.807, 2.05) is 13.1 Å². The van der Waals surface area contributed by atoms with Crippen molar-refractivity contribution in [2.24, 2.45) is 0 Å². The smallest absolute Gasteiger partial charge is 0.0728 e. The average molecular weight is 275 g/mol. The quantitative estimate of drug-likeness (QED) is 0.624. The van der Waals surface area contributed by atoms with Crippen LogP contribution in [0.2, 0.25) is 0 Å². The predicted octanol–water partition coefficient (Wildman–Crippen LogP) is 0.0709. The molecule has 18 heavy (non-hydrogen) atoms. The number of hydrogen-bond acceptors (Lipinski definition) is 5. The van der Waals surface area contributed by atoms with Crippen LogP contribution in [0.25, 0.3) is 0 Å². The number of aliphatic hydroxyl groups excluding tert-OH is 1. The maximum absolute atomic E-state index is 11.1. The predicted molar refractivity (Wildman–Crippen MR) is 72.1 cm³/mol. The zero-order valence-electron chi connectivity index (χ0n) is 10.8. The van der Waals surface area contributed by atoms with Crippen LogP contribution >= 0.6 is 0 Å². The van der Waals surface area contributed by atoms with Gasteiger partial charge in [0.15, 0.2) is 0 Å². The van der Waals surface area contributed by atoms with Crippen molar-refractivity contribution in [2.45, 2.75) is 19.5 Å². The molecule has 0 aliphatic rings. The average Bonchev–Trinajstić information content (AvgIpc) is 2.71. The molecule has 0 amide bonds. The van der Waals surface area contributed by atoms with Gasteiger partial charge in [-0.3, -0.25) is 8.89 Å². The number of aromatic nitrogens is 2. The molecule has 2 atom stereocenters. The summed E-state index contributed by atoms with van der Waals surface area (Å²) in [5.74, 6) is 0.616. The van der Waals surface area contributed by atoms with Crippen LogP contribution < -0.4 is 5.32 Å². The van der Waals surface area contributed by atoms with E-state index in [4.69, 9.17) is 9.84 Å². The van der Waals surface area contributed by atoms with Crippen molar-refractivity contribution >= 4 is 16.5 Å². The second kappa shape index (κ2) is 8.23. The normalized spacial score (nSPS) is 14.4. The van der Waals surface area contributed by atoms with Gasteiger partial charge >= 0.3 is 0 Å².